The summed E-state index contributed by atoms with van der Waals surface area (Å²) in [5, 5.41) is 19.6. The zero-order chi connectivity index (χ0) is 26.1. The number of ketones is 2. The Morgan fingerprint density at radius 3 is 1.63 bits per heavy atom. The lowest BCUT2D eigenvalue weighted by atomic mass is 9.96. The second-order valence-corrected chi connectivity index (χ2v) is 9.77. The molecule has 7 heteroatoms. The lowest BCUT2D eigenvalue weighted by Gasteiger charge is -2.16. The van der Waals surface area contributed by atoms with Crippen LogP contribution in [0.2, 0.25) is 0 Å². The van der Waals surface area contributed by atoms with Gasteiger partial charge < -0.3 is 24.4 Å². The second-order valence-electron chi connectivity index (χ2n) is 9.77. The topological polar surface area (TPSA) is 102 Å². The first-order valence-corrected chi connectivity index (χ1v) is 11.9. The van der Waals surface area contributed by atoms with Gasteiger partial charge >= 0.3 is 0 Å². The van der Waals surface area contributed by atoms with E-state index in [1.165, 1.54) is 27.7 Å². The number of hydrogen-bond acceptors (Lipinski definition) is 7. The van der Waals surface area contributed by atoms with Crippen molar-refractivity contribution in [3.63, 3.8) is 0 Å². The molecule has 0 saturated carbocycles. The number of benzene rings is 2. The van der Waals surface area contributed by atoms with E-state index in [0.29, 0.717) is 44.2 Å². The molecule has 2 aromatic rings. The first-order chi connectivity index (χ1) is 16.4. The van der Waals surface area contributed by atoms with E-state index in [1.807, 2.05) is 31.2 Å². The number of hydrogen-bond donors (Lipinski definition) is 2. The van der Waals surface area contributed by atoms with E-state index in [-0.39, 0.29) is 17.7 Å². The minimum Gasteiger partial charge on any atom is -0.382 e. The number of ether oxygens (including phenoxy) is 3. The zero-order valence-corrected chi connectivity index (χ0v) is 21.4. The number of Topliss-reactive ketones (excluding diaryl/α,β-unsaturated/α-hetero) is 2. The summed E-state index contributed by atoms with van der Waals surface area (Å²) >= 11 is 0. The maximum atomic E-state index is 12.1. The van der Waals surface area contributed by atoms with Gasteiger partial charge in [-0.2, -0.15) is 0 Å². The molecule has 0 spiro atoms. The third kappa shape index (κ3) is 9.99. The zero-order valence-electron chi connectivity index (χ0n) is 21.4. The van der Waals surface area contributed by atoms with E-state index in [2.05, 4.69) is 0 Å². The highest BCUT2D eigenvalue weighted by Crippen LogP contribution is 2.15. The average molecular weight is 487 g/mol. The van der Waals surface area contributed by atoms with E-state index < -0.39 is 11.2 Å². The molecule has 0 saturated heterocycles. The van der Waals surface area contributed by atoms with Crippen molar-refractivity contribution < 1.29 is 34.0 Å². The van der Waals surface area contributed by atoms with Crippen LogP contribution in [0.5, 0.6) is 0 Å². The van der Waals surface area contributed by atoms with Crippen LogP contribution in [-0.2, 0) is 27.4 Å². The van der Waals surface area contributed by atoms with Gasteiger partial charge in [0.2, 0.25) is 0 Å². The Labute approximate surface area is 208 Å². The molecule has 2 N–H and O–H groups in total. The number of carbonyl (C=O) groups excluding carboxylic acids is 2. The lowest BCUT2D eigenvalue weighted by molar-refractivity contribution is -0.0196. The highest BCUT2D eigenvalue weighted by molar-refractivity contribution is 6.02. The van der Waals surface area contributed by atoms with Crippen LogP contribution in [0.15, 0.2) is 48.5 Å². The van der Waals surface area contributed by atoms with Crippen molar-refractivity contribution in [1.82, 2.24) is 0 Å². The Hall–Kier alpha value is -2.42. The first-order valence-electron chi connectivity index (χ1n) is 11.9. The van der Waals surface area contributed by atoms with E-state index in [9.17, 15) is 19.8 Å². The number of aliphatic hydroxyl groups is 2. The quantitative estimate of drug-likeness (QED) is 0.288. The summed E-state index contributed by atoms with van der Waals surface area (Å²) in [4.78, 5) is 24.1. The highest BCUT2D eigenvalue weighted by Gasteiger charge is 2.25. The standard InChI is InChI=1S/C28H38O7/c1-20(35-19-22-9-13-24(14-10-22)26(30)28(4,5)32)17-33-15-6-16-34-18-21-7-11-23(12-8-21)25(29)27(2,3)31/h7-14,20,31-32H,6,15-19H2,1-5H3. The Morgan fingerprint density at radius 2 is 1.17 bits per heavy atom. The minimum absolute atomic E-state index is 0.0845. The van der Waals surface area contributed by atoms with Crippen LogP contribution in [0.3, 0.4) is 0 Å². The van der Waals surface area contributed by atoms with Crippen LogP contribution < -0.4 is 0 Å². The van der Waals surface area contributed by atoms with Crippen LogP contribution in [0, 0.1) is 0 Å². The molecule has 0 radical (unpaired) electrons. The van der Waals surface area contributed by atoms with Crippen LogP contribution in [-0.4, -0.2) is 58.9 Å². The third-order valence-electron chi connectivity index (χ3n) is 5.28. The van der Waals surface area contributed by atoms with Crippen molar-refractivity contribution in [2.45, 2.75) is 71.6 Å². The fourth-order valence-electron chi connectivity index (χ4n) is 3.20. The molecular weight excluding hydrogens is 448 g/mol. The number of rotatable bonds is 15. The molecule has 2 aromatic carbocycles. The summed E-state index contributed by atoms with van der Waals surface area (Å²) < 4.78 is 17.1. The van der Waals surface area contributed by atoms with Crippen molar-refractivity contribution in [2.24, 2.45) is 0 Å². The predicted molar refractivity (Wildman–Crippen MR) is 133 cm³/mol. The SMILES string of the molecule is CC(COCCCOCc1ccc(C(=O)C(C)(C)O)cc1)OCc1ccc(C(=O)C(C)(C)O)cc1. The highest BCUT2D eigenvalue weighted by atomic mass is 16.5. The monoisotopic (exact) mass is 486 g/mol. The third-order valence-corrected chi connectivity index (χ3v) is 5.28. The van der Waals surface area contributed by atoms with E-state index in [0.717, 1.165) is 17.5 Å². The van der Waals surface area contributed by atoms with Gasteiger partial charge in [-0.25, -0.2) is 0 Å². The summed E-state index contributed by atoms with van der Waals surface area (Å²) in [5.74, 6) is -0.621. The van der Waals surface area contributed by atoms with Gasteiger partial charge in [0.25, 0.3) is 0 Å². The van der Waals surface area contributed by atoms with Crippen molar-refractivity contribution in [1.29, 1.82) is 0 Å². The molecular formula is C28H38O7. The molecule has 1 unspecified atom stereocenters. The molecule has 0 heterocycles. The molecule has 35 heavy (non-hydrogen) atoms. The molecule has 2 rings (SSSR count). The molecule has 0 fully saturated rings. The molecule has 0 bridgehead atoms. The van der Waals surface area contributed by atoms with Crippen molar-refractivity contribution in [3.8, 4) is 0 Å². The molecule has 0 aliphatic carbocycles. The van der Waals surface area contributed by atoms with Gasteiger partial charge in [-0.1, -0.05) is 48.5 Å². The van der Waals surface area contributed by atoms with E-state index in [1.54, 1.807) is 24.3 Å². The van der Waals surface area contributed by atoms with Gasteiger partial charge in [0.05, 0.1) is 25.9 Å². The van der Waals surface area contributed by atoms with Crippen molar-refractivity contribution in [3.05, 3.63) is 70.8 Å². The van der Waals surface area contributed by atoms with Gasteiger partial charge in [-0.15, -0.1) is 0 Å². The van der Waals surface area contributed by atoms with Crippen LogP contribution >= 0.6 is 0 Å². The Kier molecular flexibility index (Phi) is 10.7. The summed E-state index contributed by atoms with van der Waals surface area (Å²) in [6, 6.07) is 14.1. The van der Waals surface area contributed by atoms with Crippen LogP contribution in [0.1, 0.15) is 72.9 Å². The van der Waals surface area contributed by atoms with Gasteiger partial charge in [-0.3, -0.25) is 9.59 Å². The maximum absolute atomic E-state index is 12.1. The maximum Gasteiger partial charge on any atom is 0.193 e. The normalized spacial score (nSPS) is 13.0. The molecule has 0 aliphatic rings. The molecule has 0 amide bonds. The van der Waals surface area contributed by atoms with E-state index in [4.69, 9.17) is 14.2 Å². The molecule has 1 atom stereocenters. The van der Waals surface area contributed by atoms with Crippen molar-refractivity contribution in [2.75, 3.05) is 19.8 Å². The minimum atomic E-state index is -1.39. The fourth-order valence-corrected chi connectivity index (χ4v) is 3.20. The van der Waals surface area contributed by atoms with E-state index >= 15 is 0 Å². The molecule has 0 aliphatic heterocycles. The largest absolute Gasteiger partial charge is 0.382 e. The van der Waals surface area contributed by atoms with Gasteiger partial charge in [-0.05, 0) is 52.2 Å². The predicted octanol–water partition coefficient (Wildman–Crippen LogP) is 4.12. The van der Waals surface area contributed by atoms with Gasteiger partial charge in [0.1, 0.15) is 11.2 Å². The first kappa shape index (κ1) is 28.8. The summed E-state index contributed by atoms with van der Waals surface area (Å²) in [7, 11) is 0. The van der Waals surface area contributed by atoms with Crippen molar-refractivity contribution >= 4 is 11.6 Å². The molecule has 0 aromatic heterocycles. The van der Waals surface area contributed by atoms with Gasteiger partial charge in [0.15, 0.2) is 11.6 Å². The molecule has 7 nitrogen and oxygen atoms in total. The Balaban J connectivity index is 1.57. The summed E-state index contributed by atoms with van der Waals surface area (Å²) in [6.07, 6.45) is 0.664. The smallest absolute Gasteiger partial charge is 0.193 e. The Morgan fingerprint density at radius 1 is 0.743 bits per heavy atom. The second kappa shape index (κ2) is 13.0. The summed E-state index contributed by atoms with van der Waals surface area (Å²) in [5.41, 5.74) is 0.0707. The Bertz CT molecular complexity index is 935. The fraction of sp³-hybridized carbons (Fsp3) is 0.500. The summed E-state index contributed by atoms with van der Waals surface area (Å²) in [6.45, 7) is 10.3. The van der Waals surface area contributed by atoms with Gasteiger partial charge in [0, 0.05) is 24.3 Å². The van der Waals surface area contributed by atoms with Crippen LogP contribution in [0.4, 0.5) is 0 Å². The lowest BCUT2D eigenvalue weighted by Crippen LogP contribution is -2.31. The average Bonchev–Trinajstić information content (AvgIpc) is 2.80. The molecule has 192 valence electrons. The van der Waals surface area contributed by atoms with Crippen LogP contribution in [0.25, 0.3) is 0 Å². The number of carbonyl (C=O) groups is 2.